The maximum absolute atomic E-state index is 12.0. The molecule has 1 N–H and O–H groups in total. The summed E-state index contributed by atoms with van der Waals surface area (Å²) < 4.78 is 40.6. The zero-order chi connectivity index (χ0) is 15.3. The highest BCUT2D eigenvalue weighted by molar-refractivity contribution is 5.32. The van der Waals surface area contributed by atoms with Gasteiger partial charge < -0.3 is 10.1 Å². The molecule has 1 aliphatic rings. The van der Waals surface area contributed by atoms with E-state index in [2.05, 4.69) is 28.3 Å². The van der Waals surface area contributed by atoms with Gasteiger partial charge in [-0.1, -0.05) is 24.3 Å². The summed E-state index contributed by atoms with van der Waals surface area (Å²) in [6.07, 6.45) is -0.555. The summed E-state index contributed by atoms with van der Waals surface area (Å²) in [5.41, 5.74) is 2.70. The first-order valence-electron chi connectivity index (χ1n) is 7.41. The Kier molecular flexibility index (Phi) is 5.65. The van der Waals surface area contributed by atoms with E-state index in [1.165, 1.54) is 11.1 Å². The van der Waals surface area contributed by atoms with Crippen molar-refractivity contribution in [2.24, 2.45) is 5.92 Å². The monoisotopic (exact) mass is 301 g/mol. The fourth-order valence-electron chi connectivity index (χ4n) is 3.16. The van der Waals surface area contributed by atoms with Gasteiger partial charge in [-0.15, -0.1) is 0 Å². The molecule has 1 aromatic rings. The van der Waals surface area contributed by atoms with Gasteiger partial charge in [0.25, 0.3) is 0 Å². The molecule has 118 valence electrons. The SMILES string of the molecule is CNC1c2ccccc2CCC1CCCOCC(F)(F)F. The van der Waals surface area contributed by atoms with E-state index in [1.54, 1.807) is 0 Å². The van der Waals surface area contributed by atoms with Crippen LogP contribution in [-0.2, 0) is 11.2 Å². The number of benzene rings is 1. The van der Waals surface area contributed by atoms with Gasteiger partial charge in [-0.2, -0.15) is 13.2 Å². The van der Waals surface area contributed by atoms with Crippen LogP contribution in [0.1, 0.15) is 36.4 Å². The van der Waals surface area contributed by atoms with Gasteiger partial charge in [0.15, 0.2) is 0 Å². The van der Waals surface area contributed by atoms with Crippen molar-refractivity contribution in [3.8, 4) is 0 Å². The van der Waals surface area contributed by atoms with Crippen molar-refractivity contribution in [2.75, 3.05) is 20.3 Å². The lowest BCUT2D eigenvalue weighted by Crippen LogP contribution is -2.30. The summed E-state index contributed by atoms with van der Waals surface area (Å²) in [7, 11) is 1.94. The third-order valence-electron chi connectivity index (χ3n) is 4.09. The number of nitrogens with one attached hydrogen (secondary N) is 1. The maximum Gasteiger partial charge on any atom is 0.411 e. The van der Waals surface area contributed by atoms with E-state index in [-0.39, 0.29) is 12.6 Å². The van der Waals surface area contributed by atoms with Crippen LogP contribution in [0.25, 0.3) is 0 Å². The second kappa shape index (κ2) is 7.27. The van der Waals surface area contributed by atoms with Crippen LogP contribution >= 0.6 is 0 Å². The lowest BCUT2D eigenvalue weighted by atomic mass is 9.78. The lowest BCUT2D eigenvalue weighted by Gasteiger charge is -2.33. The van der Waals surface area contributed by atoms with Crippen LogP contribution in [0.5, 0.6) is 0 Å². The first-order valence-corrected chi connectivity index (χ1v) is 7.41. The van der Waals surface area contributed by atoms with Crippen molar-refractivity contribution in [3.05, 3.63) is 35.4 Å². The molecule has 0 radical (unpaired) electrons. The Balaban J connectivity index is 1.82. The van der Waals surface area contributed by atoms with E-state index in [0.29, 0.717) is 12.3 Å². The molecule has 0 amide bonds. The second-order valence-electron chi connectivity index (χ2n) is 5.57. The van der Waals surface area contributed by atoms with Crippen molar-refractivity contribution in [1.82, 2.24) is 5.32 Å². The fourth-order valence-corrected chi connectivity index (χ4v) is 3.16. The molecule has 2 atom stereocenters. The molecule has 0 heterocycles. The van der Waals surface area contributed by atoms with Crippen LogP contribution in [0.2, 0.25) is 0 Å². The summed E-state index contributed by atoms with van der Waals surface area (Å²) >= 11 is 0. The zero-order valence-corrected chi connectivity index (χ0v) is 12.2. The molecule has 0 fully saturated rings. The summed E-state index contributed by atoms with van der Waals surface area (Å²) in [4.78, 5) is 0. The Morgan fingerprint density at radius 3 is 2.76 bits per heavy atom. The quantitative estimate of drug-likeness (QED) is 0.805. The van der Waals surface area contributed by atoms with Crippen LogP contribution in [0, 0.1) is 5.92 Å². The van der Waals surface area contributed by atoms with Crippen LogP contribution < -0.4 is 5.32 Å². The van der Waals surface area contributed by atoms with Gasteiger partial charge in [-0.25, -0.2) is 0 Å². The number of hydrogen-bond acceptors (Lipinski definition) is 2. The number of halogens is 3. The molecule has 0 aliphatic heterocycles. The number of ether oxygens (including phenoxy) is 1. The predicted octanol–water partition coefficient (Wildman–Crippen LogP) is 3.87. The molecule has 1 aliphatic carbocycles. The average molecular weight is 301 g/mol. The Labute approximate surface area is 123 Å². The van der Waals surface area contributed by atoms with Crippen LogP contribution in [0.4, 0.5) is 13.2 Å². The molecule has 0 aromatic heterocycles. The largest absolute Gasteiger partial charge is 0.411 e. The number of fused-ring (bicyclic) bond motifs is 1. The Morgan fingerprint density at radius 2 is 2.05 bits per heavy atom. The molecule has 2 rings (SSSR count). The molecule has 21 heavy (non-hydrogen) atoms. The van der Waals surface area contributed by atoms with Crippen molar-refractivity contribution in [2.45, 2.75) is 37.9 Å². The van der Waals surface area contributed by atoms with Crippen molar-refractivity contribution in [3.63, 3.8) is 0 Å². The molecular weight excluding hydrogens is 279 g/mol. The molecule has 1 aromatic carbocycles. The molecule has 0 bridgehead atoms. The maximum atomic E-state index is 12.0. The third kappa shape index (κ3) is 4.71. The van der Waals surface area contributed by atoms with Crippen molar-refractivity contribution >= 4 is 0 Å². The van der Waals surface area contributed by atoms with Gasteiger partial charge in [0.1, 0.15) is 6.61 Å². The number of alkyl halides is 3. The molecule has 2 unspecified atom stereocenters. The third-order valence-corrected chi connectivity index (χ3v) is 4.09. The topological polar surface area (TPSA) is 21.3 Å². The Bertz CT molecular complexity index is 447. The lowest BCUT2D eigenvalue weighted by molar-refractivity contribution is -0.174. The Morgan fingerprint density at radius 1 is 1.29 bits per heavy atom. The van der Waals surface area contributed by atoms with Gasteiger partial charge in [-0.3, -0.25) is 0 Å². The van der Waals surface area contributed by atoms with E-state index in [1.807, 2.05) is 13.1 Å². The minimum atomic E-state index is -4.22. The summed E-state index contributed by atoms with van der Waals surface area (Å²) in [6, 6.07) is 8.68. The first kappa shape index (κ1) is 16.3. The molecular formula is C16H22F3NO. The highest BCUT2D eigenvalue weighted by Gasteiger charge is 2.29. The minimum absolute atomic E-state index is 0.175. The van der Waals surface area contributed by atoms with E-state index in [9.17, 15) is 13.2 Å². The molecule has 2 nitrogen and oxygen atoms in total. The average Bonchev–Trinajstić information content (AvgIpc) is 2.45. The number of hydrogen-bond donors (Lipinski definition) is 1. The number of rotatable bonds is 6. The van der Waals surface area contributed by atoms with Gasteiger partial charge in [-0.05, 0) is 49.8 Å². The highest BCUT2D eigenvalue weighted by Crippen LogP contribution is 2.36. The van der Waals surface area contributed by atoms with Crippen molar-refractivity contribution in [1.29, 1.82) is 0 Å². The van der Waals surface area contributed by atoms with Gasteiger partial charge in [0.05, 0.1) is 0 Å². The predicted molar refractivity (Wildman–Crippen MR) is 76.2 cm³/mol. The zero-order valence-electron chi connectivity index (χ0n) is 12.2. The van der Waals surface area contributed by atoms with Gasteiger partial charge in [0.2, 0.25) is 0 Å². The number of aryl methyl sites for hydroxylation is 1. The van der Waals surface area contributed by atoms with Gasteiger partial charge in [0, 0.05) is 12.6 Å². The first-order chi connectivity index (χ1) is 10.0. The standard InChI is InChI=1S/C16H22F3NO/c1-20-15-13(6-4-10-21-11-16(17,18)19)9-8-12-5-2-3-7-14(12)15/h2-3,5,7,13,15,20H,4,6,8-11H2,1H3. The van der Waals surface area contributed by atoms with Gasteiger partial charge >= 0.3 is 6.18 Å². The van der Waals surface area contributed by atoms with Crippen LogP contribution in [0.3, 0.4) is 0 Å². The minimum Gasteiger partial charge on any atom is -0.372 e. The normalized spacial score (nSPS) is 22.1. The summed E-state index contributed by atoms with van der Waals surface area (Å²) in [5.74, 6) is 0.458. The molecule has 0 spiro atoms. The molecule has 5 heteroatoms. The van der Waals surface area contributed by atoms with E-state index < -0.39 is 12.8 Å². The molecule has 0 saturated heterocycles. The Hall–Kier alpha value is -1.07. The van der Waals surface area contributed by atoms with E-state index in [4.69, 9.17) is 0 Å². The summed E-state index contributed by atoms with van der Waals surface area (Å²) in [6.45, 7) is -0.968. The molecule has 0 saturated carbocycles. The smallest absolute Gasteiger partial charge is 0.372 e. The van der Waals surface area contributed by atoms with Crippen LogP contribution in [-0.4, -0.2) is 26.4 Å². The van der Waals surface area contributed by atoms with Crippen molar-refractivity contribution < 1.29 is 17.9 Å². The van der Waals surface area contributed by atoms with E-state index >= 15 is 0 Å². The fraction of sp³-hybridized carbons (Fsp3) is 0.625. The van der Waals surface area contributed by atoms with Crippen LogP contribution in [0.15, 0.2) is 24.3 Å². The van der Waals surface area contributed by atoms with E-state index in [0.717, 1.165) is 19.3 Å². The highest BCUT2D eigenvalue weighted by atomic mass is 19.4. The summed E-state index contributed by atoms with van der Waals surface area (Å²) in [5, 5.41) is 3.35. The second-order valence-corrected chi connectivity index (χ2v) is 5.57.